The number of rotatable bonds is 7. The largest absolute Gasteiger partial charge is 0.370 e. The van der Waals surface area contributed by atoms with Crippen molar-refractivity contribution in [3.63, 3.8) is 0 Å². The summed E-state index contributed by atoms with van der Waals surface area (Å²) >= 11 is 5.44. The summed E-state index contributed by atoms with van der Waals surface area (Å²) in [7, 11) is 0. The van der Waals surface area contributed by atoms with E-state index < -0.39 is 5.91 Å². The molecule has 0 bridgehead atoms. The number of amides is 2. The van der Waals surface area contributed by atoms with Crippen molar-refractivity contribution < 1.29 is 9.59 Å². The smallest absolute Gasteiger partial charge is 0.220 e. The van der Waals surface area contributed by atoms with Gasteiger partial charge in [0.05, 0.1) is 0 Å². The Kier molecular flexibility index (Phi) is 7.39. The number of nitrogens with one attached hydrogen (secondary N) is 1. The number of nitrogens with two attached hydrogens (primary N) is 1. The minimum absolute atomic E-state index is 0.0497. The molecule has 0 rings (SSSR count). The van der Waals surface area contributed by atoms with E-state index in [0.29, 0.717) is 18.8 Å². The van der Waals surface area contributed by atoms with Crippen molar-refractivity contribution in [3.8, 4) is 0 Å². The lowest BCUT2D eigenvalue weighted by atomic mass is 10.2. The molecule has 3 N–H and O–H groups in total. The second-order valence-electron chi connectivity index (χ2n) is 2.71. The van der Waals surface area contributed by atoms with E-state index in [0.717, 1.165) is 12.8 Å². The van der Waals surface area contributed by atoms with Crippen LogP contribution in [0, 0.1) is 0 Å². The molecule has 5 heteroatoms. The van der Waals surface area contributed by atoms with Crippen molar-refractivity contribution in [2.24, 2.45) is 5.73 Å². The summed E-state index contributed by atoms with van der Waals surface area (Å²) in [6, 6.07) is 0. The monoisotopic (exact) mass is 206 g/mol. The lowest BCUT2D eigenvalue weighted by Gasteiger charge is -2.02. The maximum Gasteiger partial charge on any atom is 0.220 e. The maximum atomic E-state index is 11.0. The van der Waals surface area contributed by atoms with Crippen molar-refractivity contribution in [2.75, 3.05) is 12.4 Å². The standard InChI is InChI=1S/C8H15ClN2O2/c9-5-2-1-3-8(13)11-6-4-7(10)12/h1-6H2,(H2,10,12)(H,11,13). The molecule has 0 fully saturated rings. The van der Waals surface area contributed by atoms with E-state index in [4.69, 9.17) is 17.3 Å². The first kappa shape index (κ1) is 12.2. The van der Waals surface area contributed by atoms with Crippen molar-refractivity contribution in [1.29, 1.82) is 0 Å². The fourth-order valence-electron chi connectivity index (χ4n) is 0.794. The van der Waals surface area contributed by atoms with Gasteiger partial charge >= 0.3 is 0 Å². The van der Waals surface area contributed by atoms with Crippen LogP contribution in [0.15, 0.2) is 0 Å². The number of primary amides is 1. The normalized spacial score (nSPS) is 9.62. The molecule has 0 spiro atoms. The third kappa shape index (κ3) is 9.14. The van der Waals surface area contributed by atoms with Gasteiger partial charge in [-0.2, -0.15) is 0 Å². The van der Waals surface area contributed by atoms with Gasteiger partial charge in [0, 0.05) is 25.3 Å². The first-order valence-electron chi connectivity index (χ1n) is 4.27. The summed E-state index contributed by atoms with van der Waals surface area (Å²) in [6.45, 7) is 0.328. The minimum atomic E-state index is -0.402. The third-order valence-corrected chi connectivity index (χ3v) is 1.75. The van der Waals surface area contributed by atoms with Crippen LogP contribution < -0.4 is 11.1 Å². The lowest BCUT2D eigenvalue weighted by molar-refractivity contribution is -0.121. The number of carbonyl (C=O) groups is 2. The molecule has 0 heterocycles. The van der Waals surface area contributed by atoms with Crippen LogP contribution in [0.25, 0.3) is 0 Å². The molecule has 13 heavy (non-hydrogen) atoms. The fraction of sp³-hybridized carbons (Fsp3) is 0.750. The molecule has 0 aliphatic heterocycles. The van der Waals surface area contributed by atoms with E-state index in [-0.39, 0.29) is 12.3 Å². The summed E-state index contributed by atoms with van der Waals surface area (Å²) in [5.74, 6) is 0.126. The Morgan fingerprint density at radius 3 is 2.46 bits per heavy atom. The molecule has 0 unspecified atom stereocenters. The summed E-state index contributed by atoms with van der Waals surface area (Å²) in [5, 5.41) is 2.59. The van der Waals surface area contributed by atoms with E-state index in [1.54, 1.807) is 0 Å². The Labute approximate surface area is 82.8 Å². The zero-order valence-electron chi connectivity index (χ0n) is 7.51. The molecule has 0 aliphatic rings. The highest BCUT2D eigenvalue weighted by Gasteiger charge is 2.00. The van der Waals surface area contributed by atoms with Gasteiger partial charge in [-0.25, -0.2) is 0 Å². The van der Waals surface area contributed by atoms with Crippen molar-refractivity contribution in [2.45, 2.75) is 25.7 Å². The van der Waals surface area contributed by atoms with Crippen LogP contribution in [0.3, 0.4) is 0 Å². The molecule has 0 radical (unpaired) electrons. The summed E-state index contributed by atoms with van der Waals surface area (Å²) in [4.78, 5) is 21.3. The molecule has 2 amide bonds. The highest BCUT2D eigenvalue weighted by Crippen LogP contribution is 1.96. The number of hydrogen-bond donors (Lipinski definition) is 2. The maximum absolute atomic E-state index is 11.0. The van der Waals surface area contributed by atoms with Crippen molar-refractivity contribution in [1.82, 2.24) is 5.32 Å². The van der Waals surface area contributed by atoms with E-state index in [1.807, 2.05) is 0 Å². The molecule has 76 valence electrons. The average Bonchev–Trinajstić information content (AvgIpc) is 2.04. The minimum Gasteiger partial charge on any atom is -0.370 e. The Balaban J connectivity index is 3.25. The second kappa shape index (κ2) is 7.86. The van der Waals surface area contributed by atoms with E-state index in [9.17, 15) is 9.59 Å². The number of hydrogen-bond acceptors (Lipinski definition) is 2. The molecule has 0 aromatic carbocycles. The number of alkyl halides is 1. The van der Waals surface area contributed by atoms with Crippen LogP contribution >= 0.6 is 11.6 Å². The van der Waals surface area contributed by atoms with Crippen LogP contribution in [0.1, 0.15) is 25.7 Å². The van der Waals surface area contributed by atoms with Gasteiger partial charge in [-0.15, -0.1) is 11.6 Å². The fourth-order valence-corrected chi connectivity index (χ4v) is 0.983. The molecule has 0 atom stereocenters. The zero-order chi connectivity index (χ0) is 10.1. The zero-order valence-corrected chi connectivity index (χ0v) is 8.27. The molecule has 0 aromatic rings. The van der Waals surface area contributed by atoms with Gasteiger partial charge in [0.25, 0.3) is 0 Å². The van der Waals surface area contributed by atoms with Gasteiger partial charge in [-0.05, 0) is 12.8 Å². The average molecular weight is 207 g/mol. The van der Waals surface area contributed by atoms with Crippen LogP contribution in [-0.2, 0) is 9.59 Å². The number of carbonyl (C=O) groups excluding carboxylic acids is 2. The van der Waals surface area contributed by atoms with Gasteiger partial charge in [0.15, 0.2) is 0 Å². The lowest BCUT2D eigenvalue weighted by Crippen LogP contribution is -2.27. The topological polar surface area (TPSA) is 72.2 Å². The third-order valence-electron chi connectivity index (χ3n) is 1.48. The highest BCUT2D eigenvalue weighted by molar-refractivity contribution is 6.17. The van der Waals surface area contributed by atoms with E-state index in [2.05, 4.69) is 5.32 Å². The second-order valence-corrected chi connectivity index (χ2v) is 3.09. The van der Waals surface area contributed by atoms with Gasteiger partial charge in [0.1, 0.15) is 0 Å². The predicted molar refractivity (Wildman–Crippen MR) is 51.4 cm³/mol. The van der Waals surface area contributed by atoms with Gasteiger partial charge in [0.2, 0.25) is 11.8 Å². The molecule has 0 saturated heterocycles. The molecule has 0 saturated carbocycles. The Bertz CT molecular complexity index is 174. The Hall–Kier alpha value is -0.770. The van der Waals surface area contributed by atoms with E-state index >= 15 is 0 Å². The summed E-state index contributed by atoms with van der Waals surface area (Å²) < 4.78 is 0. The van der Waals surface area contributed by atoms with Crippen LogP contribution in [-0.4, -0.2) is 24.2 Å². The van der Waals surface area contributed by atoms with E-state index in [1.165, 1.54) is 0 Å². The Morgan fingerprint density at radius 1 is 1.23 bits per heavy atom. The molecule has 4 nitrogen and oxygen atoms in total. The van der Waals surface area contributed by atoms with Gasteiger partial charge in [-0.1, -0.05) is 0 Å². The van der Waals surface area contributed by atoms with Crippen LogP contribution in [0.4, 0.5) is 0 Å². The Morgan fingerprint density at radius 2 is 1.92 bits per heavy atom. The summed E-state index contributed by atoms with van der Waals surface area (Å²) in [6.07, 6.45) is 2.28. The van der Waals surface area contributed by atoms with Crippen molar-refractivity contribution in [3.05, 3.63) is 0 Å². The number of unbranched alkanes of at least 4 members (excludes halogenated alkanes) is 1. The molecular weight excluding hydrogens is 192 g/mol. The summed E-state index contributed by atoms with van der Waals surface area (Å²) in [5.41, 5.74) is 4.89. The van der Waals surface area contributed by atoms with Gasteiger partial charge in [-0.3, -0.25) is 9.59 Å². The first-order chi connectivity index (χ1) is 6.16. The molecule has 0 aromatic heterocycles. The quantitative estimate of drug-likeness (QED) is 0.467. The highest BCUT2D eigenvalue weighted by atomic mass is 35.5. The predicted octanol–water partition coefficient (Wildman–Crippen LogP) is 0.387. The first-order valence-corrected chi connectivity index (χ1v) is 4.81. The molecular formula is C8H15ClN2O2. The van der Waals surface area contributed by atoms with Gasteiger partial charge < -0.3 is 11.1 Å². The number of halogens is 1. The van der Waals surface area contributed by atoms with Crippen LogP contribution in [0.2, 0.25) is 0 Å². The molecule has 0 aliphatic carbocycles. The van der Waals surface area contributed by atoms with Crippen molar-refractivity contribution >= 4 is 23.4 Å². The van der Waals surface area contributed by atoms with Crippen LogP contribution in [0.5, 0.6) is 0 Å². The SMILES string of the molecule is NC(=O)CCNC(=O)CCCCCl.